The summed E-state index contributed by atoms with van der Waals surface area (Å²) in [5.74, 6) is -1.24. The summed E-state index contributed by atoms with van der Waals surface area (Å²) in [6, 6.07) is 5.44. The van der Waals surface area contributed by atoms with Crippen molar-refractivity contribution in [1.82, 2.24) is 30.6 Å². The monoisotopic (exact) mass is 422 g/mol. The van der Waals surface area contributed by atoms with Gasteiger partial charge in [-0.2, -0.15) is 0 Å². The van der Waals surface area contributed by atoms with Gasteiger partial charge in [-0.25, -0.2) is 4.98 Å². The van der Waals surface area contributed by atoms with Gasteiger partial charge < -0.3 is 19.8 Å². The lowest BCUT2D eigenvalue weighted by atomic mass is 10.1. The molecule has 1 saturated heterocycles. The Hall–Kier alpha value is -3.41. The number of nitrogens with one attached hydrogen (secondary N) is 2. The van der Waals surface area contributed by atoms with Gasteiger partial charge in [0.25, 0.3) is 5.89 Å². The standard InChI is InChI=1S/C18H17F3N6O3/c19-18(20,21)30-14-4-2-1-3-13(14)15-9-23-17(29-15)16(28)25-11-7-12(22-8-11)10-27-6-5-24-26-27/h1-6,9,11-12,22H,7-8,10H2,(H,25,28)/t11-,12+/m1/s1. The van der Waals surface area contributed by atoms with Crippen molar-refractivity contribution in [3.05, 3.63) is 48.7 Å². The van der Waals surface area contributed by atoms with Crippen molar-refractivity contribution in [1.29, 1.82) is 0 Å². The molecule has 1 aliphatic rings. The van der Waals surface area contributed by atoms with Crippen LogP contribution in [0, 0.1) is 0 Å². The van der Waals surface area contributed by atoms with Gasteiger partial charge in [0.1, 0.15) is 5.75 Å². The molecule has 0 saturated carbocycles. The van der Waals surface area contributed by atoms with Crippen LogP contribution in [0.2, 0.25) is 0 Å². The van der Waals surface area contributed by atoms with E-state index in [2.05, 4.69) is 30.7 Å². The smallest absolute Gasteiger partial charge is 0.432 e. The van der Waals surface area contributed by atoms with E-state index in [0.29, 0.717) is 19.5 Å². The van der Waals surface area contributed by atoms with Crippen LogP contribution < -0.4 is 15.4 Å². The van der Waals surface area contributed by atoms with Gasteiger partial charge in [0, 0.05) is 24.8 Å². The fourth-order valence-corrected chi connectivity index (χ4v) is 3.26. The van der Waals surface area contributed by atoms with Crippen LogP contribution >= 0.6 is 0 Å². The number of halogens is 3. The van der Waals surface area contributed by atoms with Crippen molar-refractivity contribution >= 4 is 5.91 Å². The maximum absolute atomic E-state index is 12.6. The van der Waals surface area contributed by atoms with E-state index in [-0.39, 0.29) is 29.3 Å². The second-order valence-electron chi connectivity index (χ2n) is 6.71. The molecule has 9 nitrogen and oxygen atoms in total. The predicted octanol–water partition coefficient (Wildman–Crippen LogP) is 1.99. The molecule has 4 rings (SSSR count). The van der Waals surface area contributed by atoms with Crippen LogP contribution in [0.25, 0.3) is 11.3 Å². The predicted molar refractivity (Wildman–Crippen MR) is 96.3 cm³/mol. The van der Waals surface area contributed by atoms with Crippen LogP contribution in [0.5, 0.6) is 5.75 Å². The summed E-state index contributed by atoms with van der Waals surface area (Å²) in [6.07, 6.45) is 0.346. The molecule has 0 radical (unpaired) electrons. The number of carbonyl (C=O) groups excluding carboxylic acids is 1. The number of oxazole rings is 1. The average molecular weight is 422 g/mol. The first-order valence-electron chi connectivity index (χ1n) is 9.07. The van der Waals surface area contributed by atoms with Crippen molar-refractivity contribution < 1.29 is 27.1 Å². The number of amides is 1. The molecule has 158 valence electrons. The molecule has 0 bridgehead atoms. The van der Waals surface area contributed by atoms with Gasteiger partial charge in [-0.15, -0.1) is 18.3 Å². The Morgan fingerprint density at radius 1 is 1.37 bits per heavy atom. The molecular formula is C18H17F3N6O3. The minimum atomic E-state index is -4.85. The van der Waals surface area contributed by atoms with Gasteiger partial charge in [-0.3, -0.25) is 9.48 Å². The summed E-state index contributed by atoms with van der Waals surface area (Å²) in [5.41, 5.74) is 0.0387. The molecule has 1 aromatic carbocycles. The van der Waals surface area contributed by atoms with Crippen LogP contribution in [0.3, 0.4) is 0 Å². The lowest BCUT2D eigenvalue weighted by Gasteiger charge is -2.12. The molecule has 0 spiro atoms. The summed E-state index contributed by atoms with van der Waals surface area (Å²) < 4.78 is 48.9. The summed E-state index contributed by atoms with van der Waals surface area (Å²) in [6.45, 7) is 1.17. The summed E-state index contributed by atoms with van der Waals surface area (Å²) in [5, 5.41) is 13.7. The van der Waals surface area contributed by atoms with E-state index < -0.39 is 18.0 Å². The Morgan fingerprint density at radius 3 is 2.97 bits per heavy atom. The number of hydrogen-bond donors (Lipinski definition) is 2. The molecule has 2 N–H and O–H groups in total. The maximum Gasteiger partial charge on any atom is 0.573 e. The van der Waals surface area contributed by atoms with Crippen molar-refractivity contribution in [2.75, 3.05) is 6.54 Å². The number of alkyl halides is 3. The molecule has 0 unspecified atom stereocenters. The Morgan fingerprint density at radius 2 is 2.20 bits per heavy atom. The number of aromatic nitrogens is 4. The second-order valence-corrected chi connectivity index (χ2v) is 6.71. The van der Waals surface area contributed by atoms with Gasteiger partial charge in [-0.1, -0.05) is 17.3 Å². The van der Waals surface area contributed by atoms with Crippen LogP contribution in [-0.2, 0) is 6.54 Å². The molecule has 30 heavy (non-hydrogen) atoms. The first kappa shape index (κ1) is 19.9. The number of benzene rings is 1. The van der Waals surface area contributed by atoms with Crippen molar-refractivity contribution in [2.45, 2.75) is 31.4 Å². The van der Waals surface area contributed by atoms with E-state index in [1.807, 2.05) is 0 Å². The van der Waals surface area contributed by atoms with Crippen LogP contribution in [-0.4, -0.2) is 50.9 Å². The number of para-hydroxylation sites is 1. The van der Waals surface area contributed by atoms with Crippen LogP contribution in [0.15, 0.2) is 47.3 Å². The SMILES string of the molecule is O=C(N[C@H]1CN[C@H](Cn2ccnn2)C1)c1ncc(-c2ccccc2OC(F)(F)F)o1. The third kappa shape index (κ3) is 4.76. The molecular weight excluding hydrogens is 405 g/mol. The highest BCUT2D eigenvalue weighted by Gasteiger charge is 2.33. The van der Waals surface area contributed by atoms with Crippen LogP contribution in [0.4, 0.5) is 13.2 Å². The van der Waals surface area contributed by atoms with E-state index in [1.54, 1.807) is 17.1 Å². The number of hydrogen-bond acceptors (Lipinski definition) is 7. The first-order chi connectivity index (χ1) is 14.4. The van der Waals surface area contributed by atoms with Gasteiger partial charge in [0.15, 0.2) is 5.76 Å². The van der Waals surface area contributed by atoms with Gasteiger partial charge in [0.2, 0.25) is 0 Å². The zero-order chi connectivity index (χ0) is 21.1. The molecule has 2 atom stereocenters. The van der Waals surface area contributed by atoms with Crippen molar-refractivity contribution in [2.24, 2.45) is 0 Å². The van der Waals surface area contributed by atoms with Gasteiger partial charge in [0.05, 0.1) is 24.5 Å². The number of rotatable bonds is 6. The van der Waals surface area contributed by atoms with E-state index >= 15 is 0 Å². The summed E-state index contributed by atoms with van der Waals surface area (Å²) in [4.78, 5) is 16.3. The fraction of sp³-hybridized carbons (Fsp3) is 0.333. The molecule has 1 aliphatic heterocycles. The molecule has 0 aliphatic carbocycles. The average Bonchev–Trinajstić information content (AvgIpc) is 3.43. The molecule has 3 aromatic rings. The van der Waals surface area contributed by atoms with E-state index in [4.69, 9.17) is 4.42 Å². The molecule has 3 heterocycles. The molecule has 1 fully saturated rings. The molecule has 2 aromatic heterocycles. The largest absolute Gasteiger partial charge is 0.573 e. The minimum Gasteiger partial charge on any atom is -0.432 e. The van der Waals surface area contributed by atoms with E-state index in [1.165, 1.54) is 24.4 Å². The van der Waals surface area contributed by atoms with Crippen LogP contribution in [0.1, 0.15) is 17.1 Å². The third-order valence-corrected chi connectivity index (χ3v) is 4.51. The number of nitrogens with zero attached hydrogens (tertiary/aromatic N) is 4. The van der Waals surface area contributed by atoms with E-state index in [9.17, 15) is 18.0 Å². The lowest BCUT2D eigenvalue weighted by Crippen LogP contribution is -2.36. The summed E-state index contributed by atoms with van der Waals surface area (Å²) >= 11 is 0. The summed E-state index contributed by atoms with van der Waals surface area (Å²) in [7, 11) is 0. The third-order valence-electron chi connectivity index (χ3n) is 4.51. The Balaban J connectivity index is 1.39. The first-order valence-corrected chi connectivity index (χ1v) is 9.07. The molecule has 1 amide bonds. The highest BCUT2D eigenvalue weighted by atomic mass is 19.4. The van der Waals surface area contributed by atoms with Crippen molar-refractivity contribution in [3.8, 4) is 17.1 Å². The van der Waals surface area contributed by atoms with Gasteiger partial charge >= 0.3 is 12.3 Å². The van der Waals surface area contributed by atoms with E-state index in [0.717, 1.165) is 6.07 Å². The lowest BCUT2D eigenvalue weighted by molar-refractivity contribution is -0.274. The fourth-order valence-electron chi connectivity index (χ4n) is 3.26. The highest BCUT2D eigenvalue weighted by Crippen LogP contribution is 2.34. The maximum atomic E-state index is 12.6. The van der Waals surface area contributed by atoms with Gasteiger partial charge in [-0.05, 0) is 18.6 Å². The highest BCUT2D eigenvalue weighted by molar-refractivity contribution is 5.90. The Labute approximate surface area is 168 Å². The normalized spacial score (nSPS) is 19.0. The van der Waals surface area contributed by atoms with Crippen molar-refractivity contribution in [3.63, 3.8) is 0 Å². The zero-order valence-electron chi connectivity index (χ0n) is 15.5. The topological polar surface area (TPSA) is 107 Å². The molecule has 12 heteroatoms. The second kappa shape index (κ2) is 8.14. The minimum absolute atomic E-state index is 0.00592. The Kier molecular flexibility index (Phi) is 5.40. The quantitative estimate of drug-likeness (QED) is 0.626. The zero-order valence-corrected chi connectivity index (χ0v) is 15.5. The Bertz CT molecular complexity index is 1000. The number of ether oxygens (including phenoxy) is 1. The number of carbonyl (C=O) groups is 1.